The first-order valence-corrected chi connectivity index (χ1v) is 6.51. The third kappa shape index (κ3) is 1.76. The van der Waals surface area contributed by atoms with E-state index in [0.29, 0.717) is 0 Å². The van der Waals surface area contributed by atoms with Crippen LogP contribution >= 0.6 is 15.9 Å². The molecule has 0 spiro atoms. The van der Waals surface area contributed by atoms with Gasteiger partial charge in [0.25, 0.3) is 0 Å². The lowest BCUT2D eigenvalue weighted by Gasteiger charge is -1.97. The van der Waals surface area contributed by atoms with Crippen LogP contribution in [0.1, 0.15) is 5.56 Å². The van der Waals surface area contributed by atoms with E-state index in [2.05, 4.69) is 21.1 Å². The van der Waals surface area contributed by atoms with Gasteiger partial charge in [-0.25, -0.2) is 0 Å². The second-order valence-electron chi connectivity index (χ2n) is 3.82. The molecular weight excluding hydrogens is 278 g/mol. The summed E-state index contributed by atoms with van der Waals surface area (Å²) in [6.45, 7) is 0. The molecule has 2 aromatic carbocycles. The Morgan fingerprint density at radius 3 is 2.59 bits per heavy atom. The monoisotopic (exact) mass is 287 g/mol. The van der Waals surface area contributed by atoms with Gasteiger partial charge in [0, 0.05) is 10.9 Å². The van der Waals surface area contributed by atoms with Crippen molar-refractivity contribution in [3.05, 3.63) is 54.1 Å². The van der Waals surface area contributed by atoms with Crippen molar-refractivity contribution in [3.63, 3.8) is 0 Å². The number of hydrogen-bond acceptors (Lipinski definition) is 2. The summed E-state index contributed by atoms with van der Waals surface area (Å²) < 4.78 is 5.47. The van der Waals surface area contributed by atoms with Crippen molar-refractivity contribution in [2.75, 3.05) is 0 Å². The molecule has 0 saturated carbocycles. The number of aromatic nitrogens is 1. The van der Waals surface area contributed by atoms with Crippen molar-refractivity contribution in [1.82, 2.24) is 5.16 Å². The van der Waals surface area contributed by atoms with E-state index in [-0.39, 0.29) is 0 Å². The van der Waals surface area contributed by atoms with E-state index in [4.69, 9.17) is 4.52 Å². The highest BCUT2D eigenvalue weighted by molar-refractivity contribution is 9.08. The van der Waals surface area contributed by atoms with Crippen LogP contribution in [0.3, 0.4) is 0 Å². The van der Waals surface area contributed by atoms with Crippen molar-refractivity contribution < 1.29 is 4.52 Å². The standard InChI is InChI=1S/C14H10BrNO/c15-9-11-7-4-8-12-13(11)16-17-14(12)10-5-2-1-3-6-10/h1-8H,9H2. The number of nitrogens with zero attached hydrogens (tertiary/aromatic N) is 1. The molecule has 0 unspecified atom stereocenters. The smallest absolute Gasteiger partial charge is 0.174 e. The summed E-state index contributed by atoms with van der Waals surface area (Å²) >= 11 is 3.46. The van der Waals surface area contributed by atoms with Gasteiger partial charge in [-0.2, -0.15) is 0 Å². The quantitative estimate of drug-likeness (QED) is 0.654. The molecule has 1 aromatic heterocycles. The van der Waals surface area contributed by atoms with Crippen LogP contribution in [0.25, 0.3) is 22.2 Å². The summed E-state index contributed by atoms with van der Waals surface area (Å²) in [7, 11) is 0. The lowest BCUT2D eigenvalue weighted by atomic mass is 10.1. The van der Waals surface area contributed by atoms with Gasteiger partial charge in [0.1, 0.15) is 5.52 Å². The zero-order valence-corrected chi connectivity index (χ0v) is 10.6. The molecule has 0 aliphatic rings. The molecule has 2 nitrogen and oxygen atoms in total. The minimum Gasteiger partial charge on any atom is -0.355 e. The van der Waals surface area contributed by atoms with Crippen LogP contribution in [0.2, 0.25) is 0 Å². The zero-order chi connectivity index (χ0) is 11.7. The maximum atomic E-state index is 5.47. The Morgan fingerprint density at radius 1 is 1.00 bits per heavy atom. The molecule has 84 valence electrons. The summed E-state index contributed by atoms with van der Waals surface area (Å²) in [5, 5.41) is 6.01. The molecule has 3 aromatic rings. The number of halogens is 1. The fourth-order valence-corrected chi connectivity index (χ4v) is 2.38. The van der Waals surface area contributed by atoms with E-state index in [0.717, 1.165) is 33.1 Å². The highest BCUT2D eigenvalue weighted by Gasteiger charge is 2.12. The van der Waals surface area contributed by atoms with Gasteiger partial charge in [-0.15, -0.1) is 0 Å². The predicted molar refractivity (Wildman–Crippen MR) is 72.1 cm³/mol. The third-order valence-corrected chi connectivity index (χ3v) is 3.38. The molecule has 0 saturated heterocycles. The molecule has 0 bridgehead atoms. The van der Waals surface area contributed by atoms with E-state index < -0.39 is 0 Å². The van der Waals surface area contributed by atoms with Crippen LogP contribution in [0, 0.1) is 0 Å². The number of hydrogen-bond donors (Lipinski definition) is 0. The Balaban J connectivity index is 2.26. The van der Waals surface area contributed by atoms with Gasteiger partial charge in [-0.1, -0.05) is 63.6 Å². The van der Waals surface area contributed by atoms with E-state index in [1.807, 2.05) is 48.5 Å². The van der Waals surface area contributed by atoms with Crippen LogP contribution in [-0.2, 0) is 5.33 Å². The van der Waals surface area contributed by atoms with Crippen LogP contribution in [0.4, 0.5) is 0 Å². The summed E-state index contributed by atoms with van der Waals surface area (Å²) in [5.41, 5.74) is 3.14. The minimum atomic E-state index is 0.783. The number of rotatable bonds is 2. The third-order valence-electron chi connectivity index (χ3n) is 2.77. The molecule has 17 heavy (non-hydrogen) atoms. The lowest BCUT2D eigenvalue weighted by molar-refractivity contribution is 0.440. The van der Waals surface area contributed by atoms with Crippen molar-refractivity contribution in [2.24, 2.45) is 0 Å². The fraction of sp³-hybridized carbons (Fsp3) is 0.0714. The van der Waals surface area contributed by atoms with Gasteiger partial charge in [0.2, 0.25) is 0 Å². The van der Waals surface area contributed by atoms with E-state index in [1.54, 1.807) is 0 Å². The molecule has 0 atom stereocenters. The Kier molecular flexibility index (Phi) is 2.69. The molecule has 0 aliphatic carbocycles. The van der Waals surface area contributed by atoms with Gasteiger partial charge >= 0.3 is 0 Å². The highest BCUT2D eigenvalue weighted by atomic mass is 79.9. The number of benzene rings is 2. The molecular formula is C14H10BrNO. The van der Waals surface area contributed by atoms with Crippen molar-refractivity contribution in [2.45, 2.75) is 5.33 Å². The maximum absolute atomic E-state index is 5.47. The summed E-state index contributed by atoms with van der Waals surface area (Å²) in [6.07, 6.45) is 0. The Morgan fingerprint density at radius 2 is 1.82 bits per heavy atom. The lowest BCUT2D eigenvalue weighted by Crippen LogP contribution is -1.79. The topological polar surface area (TPSA) is 26.0 Å². The van der Waals surface area contributed by atoms with E-state index in [1.165, 1.54) is 0 Å². The normalized spacial score (nSPS) is 10.9. The SMILES string of the molecule is BrCc1cccc2c(-c3ccccc3)onc12. The summed E-state index contributed by atoms with van der Waals surface area (Å²) in [5.74, 6) is 0.836. The molecule has 1 heterocycles. The van der Waals surface area contributed by atoms with Crippen molar-refractivity contribution >= 4 is 26.8 Å². The molecule has 0 radical (unpaired) electrons. The van der Waals surface area contributed by atoms with Gasteiger partial charge in [-0.3, -0.25) is 0 Å². The summed E-state index contributed by atoms with van der Waals surface area (Å²) in [4.78, 5) is 0. The van der Waals surface area contributed by atoms with E-state index in [9.17, 15) is 0 Å². The molecule has 3 rings (SSSR count). The Hall–Kier alpha value is -1.61. The van der Waals surface area contributed by atoms with Gasteiger partial charge in [0.15, 0.2) is 5.76 Å². The van der Waals surface area contributed by atoms with Crippen LogP contribution < -0.4 is 0 Å². The molecule has 3 heteroatoms. The zero-order valence-electron chi connectivity index (χ0n) is 9.06. The largest absolute Gasteiger partial charge is 0.355 e. The molecule has 0 N–H and O–H groups in total. The second kappa shape index (κ2) is 4.34. The van der Waals surface area contributed by atoms with Crippen LogP contribution in [0.15, 0.2) is 53.1 Å². The minimum absolute atomic E-state index is 0.783. The van der Waals surface area contributed by atoms with Gasteiger partial charge in [0.05, 0.1) is 5.39 Å². The second-order valence-corrected chi connectivity index (χ2v) is 4.39. The Labute approximate surface area is 107 Å². The van der Waals surface area contributed by atoms with Crippen LogP contribution in [-0.4, -0.2) is 5.16 Å². The first-order chi connectivity index (χ1) is 8.40. The molecule has 0 aliphatic heterocycles. The molecule has 0 amide bonds. The first kappa shape index (κ1) is 10.5. The highest BCUT2D eigenvalue weighted by Crippen LogP contribution is 2.30. The average Bonchev–Trinajstić information content (AvgIpc) is 2.83. The van der Waals surface area contributed by atoms with E-state index >= 15 is 0 Å². The fourth-order valence-electron chi connectivity index (χ4n) is 1.93. The van der Waals surface area contributed by atoms with Crippen LogP contribution in [0.5, 0.6) is 0 Å². The van der Waals surface area contributed by atoms with Gasteiger partial charge in [-0.05, 0) is 11.6 Å². The van der Waals surface area contributed by atoms with Gasteiger partial charge < -0.3 is 4.52 Å². The number of alkyl halides is 1. The average molecular weight is 288 g/mol. The summed E-state index contributed by atoms with van der Waals surface area (Å²) in [6, 6.07) is 16.2. The molecule has 0 fully saturated rings. The predicted octanol–water partition coefficient (Wildman–Crippen LogP) is 4.39. The number of fused-ring (bicyclic) bond motifs is 1. The Bertz CT molecular complexity index is 646. The van der Waals surface area contributed by atoms with Crippen molar-refractivity contribution in [1.29, 1.82) is 0 Å². The maximum Gasteiger partial charge on any atom is 0.174 e. The first-order valence-electron chi connectivity index (χ1n) is 5.39. The van der Waals surface area contributed by atoms with Crippen molar-refractivity contribution in [3.8, 4) is 11.3 Å².